The second kappa shape index (κ2) is 8.66. The van der Waals surface area contributed by atoms with E-state index in [2.05, 4.69) is 14.8 Å². The van der Waals surface area contributed by atoms with Gasteiger partial charge in [0.15, 0.2) is 5.78 Å². The van der Waals surface area contributed by atoms with Crippen molar-refractivity contribution in [3.8, 4) is 11.4 Å². The van der Waals surface area contributed by atoms with E-state index in [1.165, 1.54) is 28.9 Å². The Balaban J connectivity index is 1.46. The summed E-state index contributed by atoms with van der Waals surface area (Å²) >= 11 is 6.03. The lowest BCUT2D eigenvalue weighted by Crippen LogP contribution is -2.17. The predicted octanol–water partition coefficient (Wildman–Crippen LogP) is 5.45. The summed E-state index contributed by atoms with van der Waals surface area (Å²) in [4.78, 5) is 17.5. The number of ketones is 1. The molecule has 0 bridgehead atoms. The molecule has 0 unspecified atom stereocenters. The van der Waals surface area contributed by atoms with Crippen LogP contribution in [0.4, 0.5) is 13.2 Å². The Labute approximate surface area is 186 Å². The Morgan fingerprint density at radius 1 is 1.12 bits per heavy atom. The molecule has 0 saturated carbocycles. The summed E-state index contributed by atoms with van der Waals surface area (Å²) in [5.74, 6) is -0.361. The van der Waals surface area contributed by atoms with Crippen LogP contribution in [0.2, 0.25) is 5.02 Å². The lowest BCUT2D eigenvalue weighted by atomic mass is 10.1. The van der Waals surface area contributed by atoms with Gasteiger partial charge >= 0.3 is 6.36 Å². The number of carbonyl (C=O) groups is 1. The number of hydrogen-bond donors (Lipinski definition) is 0. The van der Waals surface area contributed by atoms with Crippen LogP contribution in [0.25, 0.3) is 11.3 Å². The first-order valence-corrected chi connectivity index (χ1v) is 10.2. The van der Waals surface area contributed by atoms with Crippen LogP contribution in [0.5, 0.6) is 5.75 Å². The Bertz CT molecular complexity index is 1260. The molecule has 0 aliphatic carbocycles. The SMILES string of the molecule is CCc1nc2cc(Cl)ccn2c1C(=O)CCc1ccn(-c2ccc(OC(F)(F)F)cc2)n1. The highest BCUT2D eigenvalue weighted by molar-refractivity contribution is 6.30. The first kappa shape index (κ1) is 21.9. The number of hydrogen-bond acceptors (Lipinski definition) is 4. The molecule has 0 radical (unpaired) electrons. The first-order valence-electron chi connectivity index (χ1n) is 9.84. The van der Waals surface area contributed by atoms with E-state index in [1.54, 1.807) is 35.0 Å². The largest absolute Gasteiger partial charge is 0.573 e. The summed E-state index contributed by atoms with van der Waals surface area (Å²) < 4.78 is 44.0. The Morgan fingerprint density at radius 2 is 1.88 bits per heavy atom. The van der Waals surface area contributed by atoms with E-state index in [1.807, 2.05) is 6.92 Å². The number of alkyl halides is 3. The van der Waals surface area contributed by atoms with Gasteiger partial charge in [-0.25, -0.2) is 9.67 Å². The average Bonchev–Trinajstić information content (AvgIpc) is 3.35. The maximum Gasteiger partial charge on any atom is 0.573 e. The molecule has 0 aliphatic heterocycles. The molecule has 4 rings (SSSR count). The zero-order valence-corrected chi connectivity index (χ0v) is 17.7. The molecule has 0 aliphatic rings. The summed E-state index contributed by atoms with van der Waals surface area (Å²) in [7, 11) is 0. The van der Waals surface area contributed by atoms with Crippen LogP contribution in [0.1, 0.15) is 35.2 Å². The van der Waals surface area contributed by atoms with E-state index in [4.69, 9.17) is 11.6 Å². The number of imidazole rings is 1. The molecular formula is C22H18ClF3N4O2. The van der Waals surface area contributed by atoms with E-state index in [0.717, 1.165) is 0 Å². The monoisotopic (exact) mass is 462 g/mol. The summed E-state index contributed by atoms with van der Waals surface area (Å²) in [5.41, 5.74) is 3.13. The Hall–Kier alpha value is -3.33. The molecule has 0 spiro atoms. The topological polar surface area (TPSA) is 61.4 Å². The fraction of sp³-hybridized carbons (Fsp3) is 0.227. The standard InChI is InChI=1S/C22H18ClF3N4O2/c1-2-18-21(29-11-9-14(23)13-20(29)27-18)19(31)8-3-15-10-12-30(28-15)16-4-6-17(7-5-16)32-22(24,25)26/h4-7,9-13H,2-3,8H2,1H3. The summed E-state index contributed by atoms with van der Waals surface area (Å²) in [6, 6.07) is 10.6. The van der Waals surface area contributed by atoms with E-state index in [-0.39, 0.29) is 18.0 Å². The molecule has 6 nitrogen and oxygen atoms in total. The minimum absolute atomic E-state index is 0.0557. The van der Waals surface area contributed by atoms with Crippen molar-refractivity contribution in [3.05, 3.63) is 77.0 Å². The molecule has 166 valence electrons. The highest BCUT2D eigenvalue weighted by atomic mass is 35.5. The number of aryl methyl sites for hydroxylation is 2. The van der Waals surface area contributed by atoms with Crippen molar-refractivity contribution in [3.63, 3.8) is 0 Å². The number of ether oxygens (including phenoxy) is 1. The molecule has 4 aromatic rings. The molecule has 0 saturated heterocycles. The number of pyridine rings is 1. The van der Waals surface area contributed by atoms with Crippen LogP contribution in [0, 0.1) is 0 Å². The molecule has 0 fully saturated rings. The van der Waals surface area contributed by atoms with Gasteiger partial charge in [0.1, 0.15) is 17.1 Å². The van der Waals surface area contributed by atoms with E-state index < -0.39 is 6.36 Å². The lowest BCUT2D eigenvalue weighted by Gasteiger charge is -2.09. The maximum absolute atomic E-state index is 13.0. The molecule has 0 amide bonds. The van der Waals surface area contributed by atoms with Crippen molar-refractivity contribution in [1.82, 2.24) is 19.2 Å². The van der Waals surface area contributed by atoms with Crippen molar-refractivity contribution in [2.24, 2.45) is 0 Å². The van der Waals surface area contributed by atoms with Crippen LogP contribution >= 0.6 is 11.6 Å². The van der Waals surface area contributed by atoms with Gasteiger partial charge in [0.2, 0.25) is 0 Å². The van der Waals surface area contributed by atoms with Gasteiger partial charge in [-0.1, -0.05) is 18.5 Å². The smallest absolute Gasteiger partial charge is 0.406 e. The third-order valence-electron chi connectivity index (χ3n) is 4.85. The predicted molar refractivity (Wildman–Crippen MR) is 112 cm³/mol. The normalized spacial score (nSPS) is 11.8. The van der Waals surface area contributed by atoms with E-state index in [9.17, 15) is 18.0 Å². The number of Topliss-reactive ketones (excluding diaryl/α,β-unsaturated/α-hetero) is 1. The number of benzene rings is 1. The van der Waals surface area contributed by atoms with Gasteiger partial charge in [0.05, 0.1) is 17.1 Å². The third kappa shape index (κ3) is 4.77. The minimum atomic E-state index is -4.74. The Kier molecular flexibility index (Phi) is 5.92. The van der Waals surface area contributed by atoms with Crippen LogP contribution in [0.15, 0.2) is 54.9 Å². The summed E-state index contributed by atoms with van der Waals surface area (Å²) in [5, 5.41) is 4.96. The molecule has 32 heavy (non-hydrogen) atoms. The third-order valence-corrected chi connectivity index (χ3v) is 5.08. The zero-order valence-electron chi connectivity index (χ0n) is 16.9. The van der Waals surface area contributed by atoms with Gasteiger partial charge in [-0.05, 0) is 49.2 Å². The number of carbonyl (C=O) groups excluding carboxylic acids is 1. The van der Waals surface area contributed by atoms with Gasteiger partial charge in [-0.2, -0.15) is 5.10 Å². The van der Waals surface area contributed by atoms with Crippen molar-refractivity contribution in [2.45, 2.75) is 32.5 Å². The second-order valence-electron chi connectivity index (χ2n) is 7.05. The Morgan fingerprint density at radius 3 is 2.56 bits per heavy atom. The van der Waals surface area contributed by atoms with Gasteiger partial charge < -0.3 is 4.74 Å². The van der Waals surface area contributed by atoms with E-state index >= 15 is 0 Å². The number of aromatic nitrogens is 4. The van der Waals surface area contributed by atoms with Gasteiger partial charge in [0, 0.05) is 29.9 Å². The van der Waals surface area contributed by atoms with Crippen molar-refractivity contribution in [1.29, 1.82) is 0 Å². The maximum atomic E-state index is 13.0. The minimum Gasteiger partial charge on any atom is -0.406 e. The highest BCUT2D eigenvalue weighted by Gasteiger charge is 2.31. The number of rotatable bonds is 7. The number of fused-ring (bicyclic) bond motifs is 1. The molecule has 3 heterocycles. The lowest BCUT2D eigenvalue weighted by molar-refractivity contribution is -0.274. The van der Waals surface area contributed by atoms with Crippen LogP contribution < -0.4 is 4.74 Å². The number of nitrogens with zero attached hydrogens (tertiary/aromatic N) is 4. The van der Waals surface area contributed by atoms with Gasteiger partial charge in [0.25, 0.3) is 0 Å². The quantitative estimate of drug-likeness (QED) is 0.343. The summed E-state index contributed by atoms with van der Waals surface area (Å²) in [6.07, 6.45) is -0.0599. The molecule has 0 atom stereocenters. The second-order valence-corrected chi connectivity index (χ2v) is 7.49. The van der Waals surface area contributed by atoms with E-state index in [0.29, 0.717) is 46.3 Å². The fourth-order valence-corrected chi connectivity index (χ4v) is 3.56. The fourth-order valence-electron chi connectivity index (χ4n) is 3.41. The van der Waals surface area contributed by atoms with Crippen molar-refractivity contribution >= 4 is 23.0 Å². The molecular weight excluding hydrogens is 445 g/mol. The molecule has 10 heteroatoms. The van der Waals surface area contributed by atoms with Crippen molar-refractivity contribution < 1.29 is 22.7 Å². The van der Waals surface area contributed by atoms with Crippen LogP contribution in [0.3, 0.4) is 0 Å². The first-order chi connectivity index (χ1) is 15.2. The molecule has 3 aromatic heterocycles. The van der Waals surface area contributed by atoms with Gasteiger partial charge in [-0.15, -0.1) is 13.2 Å². The molecule has 1 aromatic carbocycles. The highest BCUT2D eigenvalue weighted by Crippen LogP contribution is 2.24. The van der Waals surface area contributed by atoms with Gasteiger partial charge in [-0.3, -0.25) is 9.20 Å². The number of halogens is 4. The van der Waals surface area contributed by atoms with Crippen molar-refractivity contribution in [2.75, 3.05) is 0 Å². The van der Waals surface area contributed by atoms with Crippen LogP contribution in [-0.4, -0.2) is 31.3 Å². The summed E-state index contributed by atoms with van der Waals surface area (Å²) in [6.45, 7) is 1.94. The average molecular weight is 463 g/mol. The molecule has 0 N–H and O–H groups in total. The zero-order chi connectivity index (χ0) is 22.9. The van der Waals surface area contributed by atoms with Crippen LogP contribution in [-0.2, 0) is 12.8 Å².